The molecule has 1 N–H and O–H groups in total. The molecule has 2 aromatic rings. The Kier molecular flexibility index (Phi) is 3.52. The van der Waals surface area contributed by atoms with E-state index in [-0.39, 0.29) is 5.75 Å². The van der Waals surface area contributed by atoms with E-state index in [4.69, 9.17) is 4.74 Å². The summed E-state index contributed by atoms with van der Waals surface area (Å²) in [6.45, 7) is 1.87. The first-order valence-corrected chi connectivity index (χ1v) is 5.41. The number of aromatic nitrogens is 1. The summed E-state index contributed by atoms with van der Waals surface area (Å²) in [6.07, 6.45) is 1.63. The van der Waals surface area contributed by atoms with Gasteiger partial charge in [-0.15, -0.1) is 10.2 Å². The Bertz CT molecular complexity index is 568. The maximum absolute atomic E-state index is 9.77. The maximum atomic E-state index is 9.77. The number of nitrogens with zero attached hydrogens (tertiary/aromatic N) is 3. The van der Waals surface area contributed by atoms with Crippen molar-refractivity contribution in [3.8, 4) is 11.5 Å². The summed E-state index contributed by atoms with van der Waals surface area (Å²) >= 11 is 0. The summed E-state index contributed by atoms with van der Waals surface area (Å²) in [4.78, 5) is 4.01. The lowest BCUT2D eigenvalue weighted by molar-refractivity contribution is 0.405. The van der Waals surface area contributed by atoms with Crippen LogP contribution in [0.2, 0.25) is 0 Å². The first-order chi connectivity index (χ1) is 8.70. The van der Waals surface area contributed by atoms with Gasteiger partial charge in [0.25, 0.3) is 0 Å². The molecule has 0 aliphatic rings. The van der Waals surface area contributed by atoms with Crippen LogP contribution < -0.4 is 4.74 Å². The first-order valence-electron chi connectivity index (χ1n) is 5.41. The number of hydrogen-bond acceptors (Lipinski definition) is 5. The molecule has 0 spiro atoms. The van der Waals surface area contributed by atoms with Gasteiger partial charge in [-0.2, -0.15) is 0 Å². The minimum atomic E-state index is 0.0251. The van der Waals surface area contributed by atoms with Crippen LogP contribution in [-0.4, -0.2) is 17.2 Å². The number of phenolic OH excluding ortho intramolecular Hbond substituents is 1. The Hall–Kier alpha value is -2.43. The average molecular weight is 243 g/mol. The van der Waals surface area contributed by atoms with Crippen LogP contribution >= 0.6 is 0 Å². The van der Waals surface area contributed by atoms with E-state index in [1.165, 1.54) is 6.07 Å². The van der Waals surface area contributed by atoms with Gasteiger partial charge in [-0.1, -0.05) is 6.07 Å². The summed E-state index contributed by atoms with van der Waals surface area (Å²) in [5.74, 6) is 1.13. The Labute approximate surface area is 105 Å². The van der Waals surface area contributed by atoms with Crippen LogP contribution in [-0.2, 0) is 0 Å². The SMILES string of the molecule is COc1cc(O)c(N=Nc2ccccn2)cc1C. The van der Waals surface area contributed by atoms with Crippen molar-refractivity contribution in [1.29, 1.82) is 0 Å². The zero-order valence-corrected chi connectivity index (χ0v) is 10.2. The summed E-state index contributed by atoms with van der Waals surface area (Å²) < 4.78 is 5.10. The van der Waals surface area contributed by atoms with E-state index in [1.807, 2.05) is 13.0 Å². The van der Waals surface area contributed by atoms with Gasteiger partial charge in [-0.25, -0.2) is 4.98 Å². The van der Waals surface area contributed by atoms with Gasteiger partial charge in [0.15, 0.2) is 5.82 Å². The fourth-order valence-electron chi connectivity index (χ4n) is 1.48. The van der Waals surface area contributed by atoms with Crippen LogP contribution in [0.3, 0.4) is 0 Å². The third kappa shape index (κ3) is 2.63. The Morgan fingerprint density at radius 1 is 1.22 bits per heavy atom. The van der Waals surface area contributed by atoms with Gasteiger partial charge < -0.3 is 9.84 Å². The van der Waals surface area contributed by atoms with Gasteiger partial charge in [0.2, 0.25) is 0 Å². The molecule has 1 aromatic heterocycles. The average Bonchev–Trinajstić information content (AvgIpc) is 2.40. The molecule has 0 unspecified atom stereocenters. The van der Waals surface area contributed by atoms with Crippen LogP contribution in [0.15, 0.2) is 46.8 Å². The molecule has 1 heterocycles. The molecule has 0 radical (unpaired) electrons. The molecule has 5 nitrogen and oxygen atoms in total. The van der Waals surface area contributed by atoms with Crippen molar-refractivity contribution < 1.29 is 9.84 Å². The number of methoxy groups -OCH3 is 1. The zero-order chi connectivity index (χ0) is 13.0. The van der Waals surface area contributed by atoms with Gasteiger partial charge in [0, 0.05) is 12.3 Å². The van der Waals surface area contributed by atoms with Crippen molar-refractivity contribution in [3.63, 3.8) is 0 Å². The number of rotatable bonds is 3. The lowest BCUT2D eigenvalue weighted by Crippen LogP contribution is -1.86. The van der Waals surface area contributed by atoms with E-state index in [2.05, 4.69) is 15.2 Å². The number of aromatic hydroxyl groups is 1. The highest BCUT2D eigenvalue weighted by atomic mass is 16.5. The fourth-order valence-corrected chi connectivity index (χ4v) is 1.48. The molecule has 18 heavy (non-hydrogen) atoms. The van der Waals surface area contributed by atoms with Crippen LogP contribution in [0, 0.1) is 6.92 Å². The minimum absolute atomic E-state index is 0.0251. The van der Waals surface area contributed by atoms with E-state index in [1.54, 1.807) is 31.5 Å². The highest BCUT2D eigenvalue weighted by Crippen LogP contribution is 2.34. The van der Waals surface area contributed by atoms with E-state index in [0.29, 0.717) is 17.3 Å². The second-order valence-corrected chi connectivity index (χ2v) is 3.70. The second-order valence-electron chi connectivity index (χ2n) is 3.70. The molecule has 0 saturated heterocycles. The van der Waals surface area contributed by atoms with Gasteiger partial charge in [0.1, 0.15) is 17.2 Å². The molecule has 0 fully saturated rings. The molecule has 1 aromatic carbocycles. The molecule has 2 rings (SSSR count). The van der Waals surface area contributed by atoms with Crippen LogP contribution in [0.4, 0.5) is 11.5 Å². The first kappa shape index (κ1) is 12.0. The molecular weight excluding hydrogens is 230 g/mol. The molecule has 0 atom stereocenters. The summed E-state index contributed by atoms with van der Waals surface area (Å²) in [5, 5.41) is 17.7. The number of aryl methyl sites for hydroxylation is 1. The second kappa shape index (κ2) is 5.27. The molecule has 92 valence electrons. The Morgan fingerprint density at radius 2 is 2.06 bits per heavy atom. The monoisotopic (exact) mass is 243 g/mol. The molecule has 5 heteroatoms. The van der Waals surface area contributed by atoms with Crippen molar-refractivity contribution in [2.45, 2.75) is 6.92 Å². The van der Waals surface area contributed by atoms with E-state index in [9.17, 15) is 5.11 Å². The van der Waals surface area contributed by atoms with Gasteiger partial charge >= 0.3 is 0 Å². The number of benzene rings is 1. The summed E-state index contributed by atoms with van der Waals surface area (Å²) in [5.41, 5.74) is 1.27. The highest BCUT2D eigenvalue weighted by molar-refractivity contribution is 5.57. The molecule has 0 amide bonds. The maximum Gasteiger partial charge on any atom is 0.174 e. The third-order valence-electron chi connectivity index (χ3n) is 2.40. The smallest absolute Gasteiger partial charge is 0.174 e. The summed E-state index contributed by atoms with van der Waals surface area (Å²) in [6, 6.07) is 8.58. The summed E-state index contributed by atoms with van der Waals surface area (Å²) in [7, 11) is 1.55. The van der Waals surface area contributed by atoms with Crippen molar-refractivity contribution in [2.24, 2.45) is 10.2 Å². The molecule has 0 saturated carbocycles. The normalized spacial score (nSPS) is 10.8. The number of hydrogen-bond donors (Lipinski definition) is 1. The van der Waals surface area contributed by atoms with Crippen molar-refractivity contribution in [2.75, 3.05) is 7.11 Å². The Balaban J connectivity index is 2.30. The lowest BCUT2D eigenvalue weighted by Gasteiger charge is -2.06. The van der Waals surface area contributed by atoms with E-state index < -0.39 is 0 Å². The predicted molar refractivity (Wildman–Crippen MR) is 67.8 cm³/mol. The fraction of sp³-hybridized carbons (Fsp3) is 0.154. The predicted octanol–water partition coefficient (Wildman–Crippen LogP) is 3.52. The van der Waals surface area contributed by atoms with Crippen molar-refractivity contribution in [3.05, 3.63) is 42.1 Å². The molecule has 0 aliphatic carbocycles. The topological polar surface area (TPSA) is 67.1 Å². The molecule has 0 bridgehead atoms. The van der Waals surface area contributed by atoms with E-state index in [0.717, 1.165) is 5.56 Å². The van der Waals surface area contributed by atoms with Crippen LogP contribution in [0.25, 0.3) is 0 Å². The number of phenols is 1. The van der Waals surface area contributed by atoms with Crippen molar-refractivity contribution >= 4 is 11.5 Å². The quantitative estimate of drug-likeness (QED) is 0.838. The standard InChI is InChI=1S/C13H13N3O2/c1-9-7-10(11(17)8-12(9)18-2)15-16-13-5-3-4-6-14-13/h3-8,17H,1-2H3. The number of ether oxygens (including phenoxy) is 1. The number of azo groups is 1. The van der Waals surface area contributed by atoms with Crippen molar-refractivity contribution in [1.82, 2.24) is 4.98 Å². The Morgan fingerprint density at radius 3 is 2.72 bits per heavy atom. The zero-order valence-electron chi connectivity index (χ0n) is 10.2. The van der Waals surface area contributed by atoms with Crippen LogP contribution in [0.5, 0.6) is 11.5 Å². The van der Waals surface area contributed by atoms with Crippen LogP contribution in [0.1, 0.15) is 5.56 Å². The van der Waals surface area contributed by atoms with Gasteiger partial charge in [0.05, 0.1) is 7.11 Å². The third-order valence-corrected chi connectivity index (χ3v) is 2.40. The highest BCUT2D eigenvalue weighted by Gasteiger charge is 2.06. The largest absolute Gasteiger partial charge is 0.505 e. The molecule has 0 aliphatic heterocycles. The van der Waals surface area contributed by atoms with E-state index >= 15 is 0 Å². The molecular formula is C13H13N3O2. The van der Waals surface area contributed by atoms with Gasteiger partial charge in [-0.3, -0.25) is 0 Å². The minimum Gasteiger partial charge on any atom is -0.505 e. The lowest BCUT2D eigenvalue weighted by atomic mass is 10.2. The van der Waals surface area contributed by atoms with Gasteiger partial charge in [-0.05, 0) is 30.7 Å². The number of pyridine rings is 1.